The second-order valence-electron chi connectivity index (χ2n) is 5.79. The average Bonchev–Trinajstić information content (AvgIpc) is 2.55. The van der Waals surface area contributed by atoms with E-state index in [2.05, 4.69) is 5.32 Å². The molecule has 1 aliphatic rings. The van der Waals surface area contributed by atoms with Crippen molar-refractivity contribution in [3.63, 3.8) is 0 Å². The normalized spacial score (nSPS) is 16.8. The summed E-state index contributed by atoms with van der Waals surface area (Å²) in [6, 6.07) is 6.33. The van der Waals surface area contributed by atoms with Crippen LogP contribution in [0.4, 0.5) is 0 Å². The van der Waals surface area contributed by atoms with E-state index in [1.54, 1.807) is 19.2 Å². The summed E-state index contributed by atoms with van der Waals surface area (Å²) in [5, 5.41) is 12.0. The van der Waals surface area contributed by atoms with E-state index in [-0.39, 0.29) is 18.2 Å². The van der Waals surface area contributed by atoms with Gasteiger partial charge in [-0.3, -0.25) is 4.79 Å². The zero-order chi connectivity index (χ0) is 15.9. The molecule has 1 aromatic carbocycles. The van der Waals surface area contributed by atoms with E-state index in [1.807, 2.05) is 12.1 Å². The Morgan fingerprint density at radius 1 is 1.23 bits per heavy atom. The van der Waals surface area contributed by atoms with Crippen molar-refractivity contribution >= 4 is 11.9 Å². The van der Waals surface area contributed by atoms with E-state index in [1.165, 1.54) is 0 Å². The number of benzene rings is 1. The number of carboxylic acid groups (broad SMARTS) is 1. The molecule has 2 rings (SSSR count). The number of carboxylic acids is 1. The van der Waals surface area contributed by atoms with Crippen LogP contribution in [0.3, 0.4) is 0 Å². The third-order valence-electron chi connectivity index (χ3n) is 4.19. The second-order valence-corrected chi connectivity index (χ2v) is 5.79. The number of ether oxygens (including phenoxy) is 1. The van der Waals surface area contributed by atoms with Gasteiger partial charge in [-0.15, -0.1) is 0 Å². The van der Waals surface area contributed by atoms with Crippen molar-refractivity contribution in [3.8, 4) is 5.75 Å². The molecule has 5 heteroatoms. The van der Waals surface area contributed by atoms with Gasteiger partial charge < -0.3 is 15.2 Å². The van der Waals surface area contributed by atoms with Crippen LogP contribution in [0.1, 0.15) is 37.7 Å². The molecule has 0 unspecified atom stereocenters. The van der Waals surface area contributed by atoms with Gasteiger partial charge in [0.25, 0.3) is 0 Å². The summed E-state index contributed by atoms with van der Waals surface area (Å²) >= 11 is 0. The molecule has 120 valence electrons. The Hall–Kier alpha value is -2.04. The predicted octanol–water partition coefficient (Wildman–Crippen LogP) is 2.39. The van der Waals surface area contributed by atoms with Gasteiger partial charge in [-0.05, 0) is 30.5 Å². The first-order valence-corrected chi connectivity index (χ1v) is 7.76. The summed E-state index contributed by atoms with van der Waals surface area (Å²) in [5.41, 5.74) is 0.858. The van der Waals surface area contributed by atoms with Crippen molar-refractivity contribution in [2.24, 2.45) is 5.92 Å². The van der Waals surface area contributed by atoms with Crippen LogP contribution in [0.15, 0.2) is 24.3 Å². The Morgan fingerprint density at radius 3 is 2.41 bits per heavy atom. The van der Waals surface area contributed by atoms with Crippen LogP contribution in [-0.2, 0) is 16.0 Å². The van der Waals surface area contributed by atoms with Gasteiger partial charge in [0.05, 0.1) is 7.11 Å². The predicted molar refractivity (Wildman–Crippen MR) is 82.8 cm³/mol. The Balaban J connectivity index is 1.96. The molecule has 0 aromatic heterocycles. The lowest BCUT2D eigenvalue weighted by Gasteiger charge is -2.23. The van der Waals surface area contributed by atoms with Gasteiger partial charge in [0.1, 0.15) is 11.8 Å². The van der Waals surface area contributed by atoms with Crippen LogP contribution in [0.2, 0.25) is 0 Å². The first-order valence-electron chi connectivity index (χ1n) is 7.76. The highest BCUT2D eigenvalue weighted by molar-refractivity contribution is 5.85. The molecular formula is C17H23NO4. The maximum absolute atomic E-state index is 12.2. The minimum Gasteiger partial charge on any atom is -0.497 e. The first kappa shape index (κ1) is 16.3. The van der Waals surface area contributed by atoms with E-state index in [4.69, 9.17) is 4.74 Å². The number of hydrogen-bond donors (Lipinski definition) is 2. The third kappa shape index (κ3) is 4.48. The van der Waals surface area contributed by atoms with Crippen LogP contribution >= 0.6 is 0 Å². The van der Waals surface area contributed by atoms with Gasteiger partial charge in [-0.1, -0.05) is 31.4 Å². The van der Waals surface area contributed by atoms with Crippen molar-refractivity contribution in [1.82, 2.24) is 5.32 Å². The summed E-state index contributed by atoms with van der Waals surface area (Å²) in [4.78, 5) is 23.6. The molecule has 2 N–H and O–H groups in total. The fraction of sp³-hybridized carbons (Fsp3) is 0.529. The lowest BCUT2D eigenvalue weighted by Crippen LogP contribution is -2.45. The van der Waals surface area contributed by atoms with Gasteiger partial charge in [0.2, 0.25) is 5.91 Å². The van der Waals surface area contributed by atoms with Crippen LogP contribution in [0.25, 0.3) is 0 Å². The van der Waals surface area contributed by atoms with Gasteiger partial charge in [-0.2, -0.15) is 0 Å². The maximum atomic E-state index is 12.2. The fourth-order valence-corrected chi connectivity index (χ4v) is 2.85. The molecular weight excluding hydrogens is 282 g/mol. The molecule has 5 nitrogen and oxygen atoms in total. The molecule has 0 spiro atoms. The van der Waals surface area contributed by atoms with Crippen molar-refractivity contribution in [2.75, 3.05) is 7.11 Å². The Morgan fingerprint density at radius 2 is 1.86 bits per heavy atom. The molecule has 1 aliphatic carbocycles. The standard InChI is InChI=1S/C17H23NO4/c1-22-14-9-7-12(8-10-14)11-15(17(20)21)18-16(19)13-5-3-2-4-6-13/h7-10,13,15H,2-6,11H2,1H3,(H,18,19)(H,20,21)/t15-/m0/s1. The summed E-state index contributed by atoms with van der Waals surface area (Å²) in [7, 11) is 1.58. The minimum atomic E-state index is -1.00. The molecule has 1 fully saturated rings. The van der Waals surface area contributed by atoms with Gasteiger partial charge in [0, 0.05) is 12.3 Å². The van der Waals surface area contributed by atoms with Crippen molar-refractivity contribution < 1.29 is 19.4 Å². The molecule has 22 heavy (non-hydrogen) atoms. The Kier molecular flexibility index (Phi) is 5.81. The third-order valence-corrected chi connectivity index (χ3v) is 4.19. The number of amides is 1. The topological polar surface area (TPSA) is 75.6 Å². The van der Waals surface area contributed by atoms with Crippen LogP contribution in [-0.4, -0.2) is 30.1 Å². The highest BCUT2D eigenvalue weighted by atomic mass is 16.5. The van der Waals surface area contributed by atoms with Gasteiger partial charge in [0.15, 0.2) is 0 Å². The monoisotopic (exact) mass is 305 g/mol. The summed E-state index contributed by atoms with van der Waals surface area (Å²) in [5.74, 6) is -0.436. The zero-order valence-electron chi connectivity index (χ0n) is 12.9. The van der Waals surface area contributed by atoms with E-state index in [0.717, 1.165) is 43.4 Å². The van der Waals surface area contributed by atoms with Crippen LogP contribution in [0, 0.1) is 5.92 Å². The fourth-order valence-electron chi connectivity index (χ4n) is 2.85. The quantitative estimate of drug-likeness (QED) is 0.846. The van der Waals surface area contributed by atoms with E-state index >= 15 is 0 Å². The lowest BCUT2D eigenvalue weighted by molar-refractivity contribution is -0.142. The smallest absolute Gasteiger partial charge is 0.326 e. The second kappa shape index (κ2) is 7.82. The summed E-state index contributed by atoms with van der Waals surface area (Å²) in [6.07, 6.45) is 5.26. The first-order chi connectivity index (χ1) is 10.6. The highest BCUT2D eigenvalue weighted by Gasteiger charge is 2.26. The Labute approximate surface area is 130 Å². The minimum absolute atomic E-state index is 0.0357. The van der Waals surface area contributed by atoms with Crippen molar-refractivity contribution in [3.05, 3.63) is 29.8 Å². The molecule has 0 radical (unpaired) electrons. The Bertz CT molecular complexity index is 506. The number of methoxy groups -OCH3 is 1. The number of nitrogens with one attached hydrogen (secondary N) is 1. The van der Waals surface area contributed by atoms with E-state index in [0.29, 0.717) is 0 Å². The highest BCUT2D eigenvalue weighted by Crippen LogP contribution is 2.24. The van der Waals surface area contributed by atoms with Crippen LogP contribution < -0.4 is 10.1 Å². The summed E-state index contributed by atoms with van der Waals surface area (Å²) in [6.45, 7) is 0. The van der Waals surface area contributed by atoms with Gasteiger partial charge in [-0.25, -0.2) is 4.79 Å². The number of carbonyl (C=O) groups is 2. The zero-order valence-corrected chi connectivity index (χ0v) is 12.9. The van der Waals surface area contributed by atoms with E-state index in [9.17, 15) is 14.7 Å². The van der Waals surface area contributed by atoms with Gasteiger partial charge >= 0.3 is 5.97 Å². The van der Waals surface area contributed by atoms with Crippen molar-refractivity contribution in [1.29, 1.82) is 0 Å². The van der Waals surface area contributed by atoms with Crippen LogP contribution in [0.5, 0.6) is 5.75 Å². The molecule has 1 saturated carbocycles. The van der Waals surface area contributed by atoms with E-state index < -0.39 is 12.0 Å². The largest absolute Gasteiger partial charge is 0.497 e. The number of hydrogen-bond acceptors (Lipinski definition) is 3. The molecule has 1 aromatic rings. The average molecular weight is 305 g/mol. The molecule has 0 heterocycles. The van der Waals surface area contributed by atoms with Crippen molar-refractivity contribution in [2.45, 2.75) is 44.6 Å². The molecule has 0 bridgehead atoms. The number of carbonyl (C=O) groups excluding carboxylic acids is 1. The maximum Gasteiger partial charge on any atom is 0.326 e. The molecule has 0 aliphatic heterocycles. The molecule has 1 atom stereocenters. The molecule has 0 saturated heterocycles. The summed E-state index contributed by atoms with van der Waals surface area (Å²) < 4.78 is 5.08. The molecule has 1 amide bonds. The number of rotatable bonds is 6. The number of aliphatic carboxylic acids is 1. The lowest BCUT2D eigenvalue weighted by atomic mass is 9.88. The SMILES string of the molecule is COc1ccc(C[C@H](NC(=O)C2CCCCC2)C(=O)O)cc1.